The van der Waals surface area contributed by atoms with Crippen LogP contribution in [-0.4, -0.2) is 9.38 Å². The highest BCUT2D eigenvalue weighted by molar-refractivity contribution is 5.67. The van der Waals surface area contributed by atoms with Gasteiger partial charge in [0, 0.05) is 17.4 Å². The van der Waals surface area contributed by atoms with E-state index in [1.54, 1.807) is 0 Å². The van der Waals surface area contributed by atoms with E-state index in [1.165, 1.54) is 5.69 Å². The van der Waals surface area contributed by atoms with Gasteiger partial charge in [0.2, 0.25) is 0 Å². The summed E-state index contributed by atoms with van der Waals surface area (Å²) in [5, 5.41) is 0. The number of pyridine rings is 1. The second-order valence-electron chi connectivity index (χ2n) is 4.32. The minimum absolute atomic E-state index is 0.759. The molecule has 0 bridgehead atoms. The molecule has 2 heterocycles. The molecular weight excluding hydrogens is 222 g/mol. The number of anilines is 1. The molecule has 0 saturated heterocycles. The molecule has 2 N–H and O–H groups in total. The van der Waals surface area contributed by atoms with Crippen molar-refractivity contribution >= 4 is 11.3 Å². The largest absolute Gasteiger partial charge is 0.398 e. The topological polar surface area (TPSA) is 43.3 Å². The van der Waals surface area contributed by atoms with Crippen molar-refractivity contribution in [3.63, 3.8) is 0 Å². The zero-order valence-electron chi connectivity index (χ0n) is 10.3. The van der Waals surface area contributed by atoms with Crippen LogP contribution in [0.2, 0.25) is 0 Å². The van der Waals surface area contributed by atoms with Gasteiger partial charge in [0.15, 0.2) is 0 Å². The Morgan fingerprint density at radius 2 is 1.89 bits per heavy atom. The van der Waals surface area contributed by atoms with Gasteiger partial charge in [-0.25, -0.2) is 4.98 Å². The fraction of sp³-hybridized carbons (Fsp3) is 0.133. The molecule has 0 amide bonds. The Kier molecular flexibility index (Phi) is 2.52. The Morgan fingerprint density at radius 3 is 2.61 bits per heavy atom. The maximum absolute atomic E-state index is 5.85. The summed E-state index contributed by atoms with van der Waals surface area (Å²) in [6.45, 7) is 2.14. The van der Waals surface area contributed by atoms with Crippen LogP contribution in [0.5, 0.6) is 0 Å². The van der Waals surface area contributed by atoms with Crippen LogP contribution in [0.1, 0.15) is 12.6 Å². The molecule has 0 aliphatic rings. The standard InChI is InChI=1S/C15H15N3/c1-2-13-15(11-6-4-3-5-7-11)17-14-9-8-12(16)10-18(13)14/h3-10H,2,16H2,1H3. The van der Waals surface area contributed by atoms with Gasteiger partial charge < -0.3 is 10.1 Å². The summed E-state index contributed by atoms with van der Waals surface area (Å²) < 4.78 is 2.08. The first-order valence-electron chi connectivity index (χ1n) is 6.11. The molecule has 1 aromatic carbocycles. The van der Waals surface area contributed by atoms with Crippen LogP contribution in [0.4, 0.5) is 5.69 Å². The minimum Gasteiger partial charge on any atom is -0.398 e. The number of aromatic nitrogens is 2. The minimum atomic E-state index is 0.759. The fourth-order valence-corrected chi connectivity index (χ4v) is 2.27. The van der Waals surface area contributed by atoms with Crippen LogP contribution in [0, 0.1) is 0 Å². The van der Waals surface area contributed by atoms with Crippen LogP contribution in [0.25, 0.3) is 16.9 Å². The SMILES string of the molecule is CCc1c(-c2ccccc2)nc2ccc(N)cn12. The second kappa shape index (κ2) is 4.18. The van der Waals surface area contributed by atoms with Gasteiger partial charge in [0.05, 0.1) is 11.4 Å². The highest BCUT2D eigenvalue weighted by Crippen LogP contribution is 2.25. The quantitative estimate of drug-likeness (QED) is 0.744. The average Bonchev–Trinajstić information content (AvgIpc) is 2.77. The van der Waals surface area contributed by atoms with Gasteiger partial charge in [-0.3, -0.25) is 0 Å². The summed E-state index contributed by atoms with van der Waals surface area (Å²) in [7, 11) is 0. The number of imidazole rings is 1. The number of rotatable bonds is 2. The third-order valence-corrected chi connectivity index (χ3v) is 3.12. The number of hydrogen-bond donors (Lipinski definition) is 1. The highest BCUT2D eigenvalue weighted by atomic mass is 15.0. The number of nitrogen functional groups attached to an aromatic ring is 1. The number of benzene rings is 1. The Labute approximate surface area is 106 Å². The first-order chi connectivity index (χ1) is 8.79. The van der Waals surface area contributed by atoms with Crippen molar-refractivity contribution in [3.05, 3.63) is 54.4 Å². The summed E-state index contributed by atoms with van der Waals surface area (Å²) in [5.74, 6) is 0. The molecular formula is C15H15N3. The predicted molar refractivity (Wildman–Crippen MR) is 74.4 cm³/mol. The maximum atomic E-state index is 5.85. The lowest BCUT2D eigenvalue weighted by molar-refractivity contribution is 0.999. The lowest BCUT2D eigenvalue weighted by Crippen LogP contribution is -1.94. The molecule has 0 atom stereocenters. The summed E-state index contributed by atoms with van der Waals surface area (Å²) in [4.78, 5) is 4.70. The van der Waals surface area contributed by atoms with Crippen LogP contribution in [0.15, 0.2) is 48.7 Å². The Morgan fingerprint density at radius 1 is 1.11 bits per heavy atom. The van der Waals surface area contributed by atoms with Crippen molar-refractivity contribution in [2.75, 3.05) is 5.73 Å². The summed E-state index contributed by atoms with van der Waals surface area (Å²) in [5.41, 5.74) is 10.9. The van der Waals surface area contributed by atoms with Crippen molar-refractivity contribution in [2.24, 2.45) is 0 Å². The van der Waals surface area contributed by atoms with Crippen molar-refractivity contribution in [3.8, 4) is 11.3 Å². The third kappa shape index (κ3) is 1.64. The molecule has 0 radical (unpaired) electrons. The first kappa shape index (κ1) is 10.8. The maximum Gasteiger partial charge on any atom is 0.137 e. The molecule has 0 fully saturated rings. The van der Waals surface area contributed by atoms with E-state index in [4.69, 9.17) is 10.7 Å². The van der Waals surface area contributed by atoms with E-state index >= 15 is 0 Å². The van der Waals surface area contributed by atoms with Gasteiger partial charge in [-0.2, -0.15) is 0 Å². The number of nitrogens with two attached hydrogens (primary N) is 1. The Hall–Kier alpha value is -2.29. The molecule has 0 aliphatic carbocycles. The zero-order valence-corrected chi connectivity index (χ0v) is 10.3. The van der Waals surface area contributed by atoms with Gasteiger partial charge in [-0.1, -0.05) is 37.3 Å². The second-order valence-corrected chi connectivity index (χ2v) is 4.32. The zero-order chi connectivity index (χ0) is 12.5. The fourth-order valence-electron chi connectivity index (χ4n) is 2.27. The lowest BCUT2D eigenvalue weighted by atomic mass is 10.1. The molecule has 0 aliphatic heterocycles. The van der Waals surface area contributed by atoms with Crippen molar-refractivity contribution < 1.29 is 0 Å². The van der Waals surface area contributed by atoms with E-state index in [0.717, 1.165) is 29.0 Å². The number of fused-ring (bicyclic) bond motifs is 1. The lowest BCUT2D eigenvalue weighted by Gasteiger charge is -2.02. The highest BCUT2D eigenvalue weighted by Gasteiger charge is 2.11. The molecule has 3 rings (SSSR count). The molecule has 3 heteroatoms. The van der Waals surface area contributed by atoms with Gasteiger partial charge in [0.25, 0.3) is 0 Å². The van der Waals surface area contributed by atoms with Gasteiger partial charge in [-0.05, 0) is 18.6 Å². The number of aryl methyl sites for hydroxylation is 1. The summed E-state index contributed by atoms with van der Waals surface area (Å²) in [6, 6.07) is 14.1. The molecule has 18 heavy (non-hydrogen) atoms. The van der Waals surface area contributed by atoms with E-state index in [1.807, 2.05) is 36.5 Å². The summed E-state index contributed by atoms with van der Waals surface area (Å²) >= 11 is 0. The molecule has 0 unspecified atom stereocenters. The normalized spacial score (nSPS) is 10.9. The summed E-state index contributed by atoms with van der Waals surface area (Å²) in [6.07, 6.45) is 2.86. The van der Waals surface area contributed by atoms with Crippen LogP contribution < -0.4 is 5.73 Å². The molecule has 90 valence electrons. The smallest absolute Gasteiger partial charge is 0.137 e. The molecule has 0 saturated carbocycles. The molecule has 0 spiro atoms. The Bertz CT molecular complexity index is 684. The van der Waals surface area contributed by atoms with E-state index in [0.29, 0.717) is 0 Å². The van der Waals surface area contributed by atoms with Gasteiger partial charge in [0.1, 0.15) is 5.65 Å². The van der Waals surface area contributed by atoms with Gasteiger partial charge in [-0.15, -0.1) is 0 Å². The van der Waals surface area contributed by atoms with Crippen LogP contribution >= 0.6 is 0 Å². The van der Waals surface area contributed by atoms with Crippen LogP contribution in [0.3, 0.4) is 0 Å². The van der Waals surface area contributed by atoms with Gasteiger partial charge >= 0.3 is 0 Å². The monoisotopic (exact) mass is 237 g/mol. The number of nitrogens with zero attached hydrogens (tertiary/aromatic N) is 2. The molecule has 2 aromatic heterocycles. The third-order valence-electron chi connectivity index (χ3n) is 3.12. The molecule has 3 aromatic rings. The van der Waals surface area contributed by atoms with Crippen LogP contribution in [-0.2, 0) is 6.42 Å². The predicted octanol–water partition coefficient (Wildman–Crippen LogP) is 3.15. The van der Waals surface area contributed by atoms with E-state index in [9.17, 15) is 0 Å². The average molecular weight is 237 g/mol. The molecule has 3 nitrogen and oxygen atoms in total. The first-order valence-corrected chi connectivity index (χ1v) is 6.11. The Balaban J connectivity index is 2.30. The van der Waals surface area contributed by atoms with E-state index in [2.05, 4.69) is 23.5 Å². The van der Waals surface area contributed by atoms with E-state index in [-0.39, 0.29) is 0 Å². The van der Waals surface area contributed by atoms with Crippen molar-refractivity contribution in [1.82, 2.24) is 9.38 Å². The van der Waals surface area contributed by atoms with E-state index < -0.39 is 0 Å². The number of hydrogen-bond acceptors (Lipinski definition) is 2. The van der Waals surface area contributed by atoms with Crippen molar-refractivity contribution in [2.45, 2.75) is 13.3 Å². The van der Waals surface area contributed by atoms with Crippen molar-refractivity contribution in [1.29, 1.82) is 0 Å².